The Morgan fingerprint density at radius 3 is 1.96 bits per heavy atom. The number of allylic oxidation sites excluding steroid dienone is 5. The molecule has 1 amide bonds. The average Bonchev–Trinajstić information content (AvgIpc) is 2.49. The molecule has 0 rings (SSSR count). The highest BCUT2D eigenvalue weighted by molar-refractivity contribution is 7.99. The van der Waals surface area contributed by atoms with Crippen molar-refractivity contribution in [1.29, 1.82) is 0 Å². The van der Waals surface area contributed by atoms with E-state index in [1.54, 1.807) is 11.8 Å². The molecule has 142 valence electrons. The summed E-state index contributed by atoms with van der Waals surface area (Å²) in [7, 11) is 0. The monoisotopic (exact) mass is 365 g/mol. The average molecular weight is 366 g/mol. The summed E-state index contributed by atoms with van der Waals surface area (Å²) in [5.41, 5.74) is 4.22. The maximum Gasteiger partial charge on any atom is 0.217 e. The van der Waals surface area contributed by atoms with Gasteiger partial charge in [-0.3, -0.25) is 9.59 Å². The quantitative estimate of drug-likeness (QED) is 0.380. The predicted molar refractivity (Wildman–Crippen MR) is 111 cm³/mol. The Hall–Kier alpha value is -1.29. The van der Waals surface area contributed by atoms with E-state index >= 15 is 0 Å². The summed E-state index contributed by atoms with van der Waals surface area (Å²) in [4.78, 5) is 22.6. The van der Waals surface area contributed by atoms with Crippen LogP contribution < -0.4 is 5.32 Å². The lowest BCUT2D eigenvalue weighted by atomic mass is 10.1. The third-order valence-electron chi connectivity index (χ3n) is 3.83. The van der Waals surface area contributed by atoms with Gasteiger partial charge in [0.25, 0.3) is 0 Å². The van der Waals surface area contributed by atoms with Gasteiger partial charge in [-0.2, -0.15) is 11.8 Å². The molecule has 0 saturated carbocycles. The Bertz CT molecular complexity index is 514. The van der Waals surface area contributed by atoms with Gasteiger partial charge in [0.15, 0.2) is 5.78 Å². The molecule has 0 aromatic carbocycles. The van der Waals surface area contributed by atoms with Crippen molar-refractivity contribution < 1.29 is 9.59 Å². The molecule has 0 heterocycles. The maximum absolute atomic E-state index is 11.5. The highest BCUT2D eigenvalue weighted by Gasteiger charge is 2.14. The first-order valence-electron chi connectivity index (χ1n) is 9.02. The molecule has 0 radical (unpaired) electrons. The van der Waals surface area contributed by atoms with Crippen LogP contribution in [0.2, 0.25) is 0 Å². The summed E-state index contributed by atoms with van der Waals surface area (Å²) in [6.45, 7) is 11.6. The number of Topliss-reactive ketones (excluding diaryl/α,β-unsaturated/α-hetero) is 1. The van der Waals surface area contributed by atoms with E-state index in [0.29, 0.717) is 5.75 Å². The largest absolute Gasteiger partial charge is 0.346 e. The van der Waals surface area contributed by atoms with Crippen LogP contribution in [-0.4, -0.2) is 29.2 Å². The topological polar surface area (TPSA) is 46.2 Å². The number of hydrogen-bond acceptors (Lipinski definition) is 3. The number of rotatable bonds is 12. The molecule has 0 unspecified atom stereocenters. The summed E-state index contributed by atoms with van der Waals surface area (Å²) in [5.74, 6) is 1.36. The van der Waals surface area contributed by atoms with Crippen molar-refractivity contribution in [1.82, 2.24) is 5.32 Å². The SMILES string of the molecule is CC(=O)N[C@H](CSC/C=C(\C)CC/C=C(\C)CCC=C(C)C)C(C)=O. The summed E-state index contributed by atoms with van der Waals surface area (Å²) >= 11 is 1.68. The number of carbonyl (C=O) groups excluding carboxylic acids is 2. The maximum atomic E-state index is 11.5. The van der Waals surface area contributed by atoms with E-state index in [2.05, 4.69) is 51.2 Å². The van der Waals surface area contributed by atoms with Crippen molar-refractivity contribution in [2.24, 2.45) is 0 Å². The number of hydrogen-bond donors (Lipinski definition) is 1. The van der Waals surface area contributed by atoms with Crippen LogP contribution in [0, 0.1) is 0 Å². The molecule has 3 nitrogen and oxygen atoms in total. The standard InChI is InChI=1S/C21H35NO2S/c1-16(2)9-7-10-17(3)11-8-12-18(4)13-14-25-15-21(19(5)23)22-20(6)24/h9,11,13,21H,7-8,10,12,14-15H2,1-6H3,(H,22,24)/b17-11+,18-13+/t21-/m1/s1. The normalized spacial score (nSPS) is 13.4. The molecule has 0 spiro atoms. The molecule has 0 aliphatic rings. The molecule has 0 aliphatic carbocycles. The van der Waals surface area contributed by atoms with Crippen molar-refractivity contribution in [2.75, 3.05) is 11.5 Å². The van der Waals surface area contributed by atoms with Crippen LogP contribution >= 0.6 is 11.8 Å². The molecule has 1 N–H and O–H groups in total. The highest BCUT2D eigenvalue weighted by atomic mass is 32.2. The molecule has 0 saturated heterocycles. The van der Waals surface area contributed by atoms with E-state index in [0.717, 1.165) is 31.4 Å². The van der Waals surface area contributed by atoms with Gasteiger partial charge in [0, 0.05) is 18.4 Å². The molecule has 0 aromatic heterocycles. The lowest BCUT2D eigenvalue weighted by molar-refractivity contribution is -0.125. The molecule has 0 aromatic rings. The second kappa shape index (κ2) is 13.9. The highest BCUT2D eigenvalue weighted by Crippen LogP contribution is 2.13. The van der Waals surface area contributed by atoms with Crippen LogP contribution in [-0.2, 0) is 9.59 Å². The smallest absolute Gasteiger partial charge is 0.217 e. The van der Waals surface area contributed by atoms with Crippen LogP contribution in [0.15, 0.2) is 34.9 Å². The third-order valence-corrected chi connectivity index (χ3v) is 4.80. The second-order valence-electron chi connectivity index (χ2n) is 6.86. The van der Waals surface area contributed by atoms with E-state index < -0.39 is 0 Å². The zero-order valence-electron chi connectivity index (χ0n) is 16.8. The fourth-order valence-electron chi connectivity index (χ4n) is 2.23. The molecular formula is C21H35NO2S. The number of carbonyl (C=O) groups is 2. The fourth-order valence-corrected chi connectivity index (χ4v) is 3.32. The van der Waals surface area contributed by atoms with Gasteiger partial charge in [0.05, 0.1) is 6.04 Å². The van der Waals surface area contributed by atoms with Gasteiger partial charge in [-0.25, -0.2) is 0 Å². The zero-order chi connectivity index (χ0) is 19.2. The van der Waals surface area contributed by atoms with Gasteiger partial charge >= 0.3 is 0 Å². The number of thioether (sulfide) groups is 1. The van der Waals surface area contributed by atoms with E-state index in [1.807, 2.05) is 0 Å². The number of ketones is 1. The van der Waals surface area contributed by atoms with E-state index in [9.17, 15) is 9.59 Å². The van der Waals surface area contributed by atoms with Crippen molar-refractivity contribution in [3.8, 4) is 0 Å². The fraction of sp³-hybridized carbons (Fsp3) is 0.619. The number of nitrogens with one attached hydrogen (secondary N) is 1. The molecule has 25 heavy (non-hydrogen) atoms. The van der Waals surface area contributed by atoms with Gasteiger partial charge in [-0.15, -0.1) is 0 Å². The van der Waals surface area contributed by atoms with Crippen molar-refractivity contribution >= 4 is 23.5 Å². The summed E-state index contributed by atoms with van der Waals surface area (Å²) in [6, 6.07) is -0.373. The third kappa shape index (κ3) is 14.7. The minimum absolute atomic E-state index is 0.0112. The first kappa shape index (κ1) is 23.7. The van der Waals surface area contributed by atoms with Crippen LogP contribution in [0.25, 0.3) is 0 Å². The molecule has 0 fully saturated rings. The molecule has 0 bridgehead atoms. The van der Waals surface area contributed by atoms with E-state index in [1.165, 1.54) is 30.6 Å². The van der Waals surface area contributed by atoms with E-state index in [4.69, 9.17) is 0 Å². The van der Waals surface area contributed by atoms with Crippen LogP contribution in [0.5, 0.6) is 0 Å². The van der Waals surface area contributed by atoms with Gasteiger partial charge in [0.1, 0.15) is 0 Å². The summed E-state index contributed by atoms with van der Waals surface area (Å²) in [6.07, 6.45) is 11.3. The van der Waals surface area contributed by atoms with Crippen LogP contribution in [0.3, 0.4) is 0 Å². The van der Waals surface area contributed by atoms with Crippen molar-refractivity contribution in [3.05, 3.63) is 34.9 Å². The lowest BCUT2D eigenvalue weighted by Gasteiger charge is -2.13. The minimum atomic E-state index is -0.373. The zero-order valence-corrected chi connectivity index (χ0v) is 17.6. The van der Waals surface area contributed by atoms with Crippen molar-refractivity contribution in [2.45, 2.75) is 73.3 Å². The van der Waals surface area contributed by atoms with Gasteiger partial charge < -0.3 is 5.32 Å². The van der Waals surface area contributed by atoms with Gasteiger partial charge in [-0.1, -0.05) is 34.9 Å². The lowest BCUT2D eigenvalue weighted by Crippen LogP contribution is -2.40. The molecule has 0 aliphatic heterocycles. The summed E-state index contributed by atoms with van der Waals surface area (Å²) < 4.78 is 0. The summed E-state index contributed by atoms with van der Waals surface area (Å²) in [5, 5.41) is 2.70. The predicted octanol–water partition coefficient (Wildman–Crippen LogP) is 5.23. The van der Waals surface area contributed by atoms with Gasteiger partial charge in [0.2, 0.25) is 5.91 Å². The van der Waals surface area contributed by atoms with Gasteiger partial charge in [-0.05, 0) is 60.3 Å². The Kier molecular flexibility index (Phi) is 13.2. The Morgan fingerprint density at radius 1 is 0.880 bits per heavy atom. The Morgan fingerprint density at radius 2 is 1.44 bits per heavy atom. The van der Waals surface area contributed by atoms with Crippen LogP contribution in [0.1, 0.15) is 67.2 Å². The van der Waals surface area contributed by atoms with Crippen molar-refractivity contribution in [3.63, 3.8) is 0 Å². The minimum Gasteiger partial charge on any atom is -0.346 e. The van der Waals surface area contributed by atoms with Crippen LogP contribution in [0.4, 0.5) is 0 Å². The molecular weight excluding hydrogens is 330 g/mol. The molecule has 4 heteroatoms. The van der Waals surface area contributed by atoms with E-state index in [-0.39, 0.29) is 17.7 Å². The first-order chi connectivity index (χ1) is 11.7. The first-order valence-corrected chi connectivity index (χ1v) is 10.2. The molecule has 1 atom stereocenters. The Balaban J connectivity index is 4.07. The number of amides is 1. The second-order valence-corrected chi connectivity index (χ2v) is 7.94. The Labute approximate surface area is 158 Å².